The number of hydrogen-bond donors (Lipinski definition) is 1. The standard InChI is InChI=1S/C15H22N2O3S/c1-11-16-13(10-21-11)3-2-4-14(18)17-7-5-12(6-8-17)9-15(19)20/h10,12H,2-9H2,1H3,(H,19,20). The molecule has 1 amide bonds. The highest BCUT2D eigenvalue weighted by Gasteiger charge is 2.23. The third-order valence-corrected chi connectivity index (χ3v) is 4.74. The van der Waals surface area contributed by atoms with Gasteiger partial charge in [-0.2, -0.15) is 0 Å². The number of likely N-dealkylation sites (tertiary alicyclic amines) is 1. The summed E-state index contributed by atoms with van der Waals surface area (Å²) in [7, 11) is 0. The van der Waals surface area contributed by atoms with Gasteiger partial charge in [0.15, 0.2) is 0 Å². The summed E-state index contributed by atoms with van der Waals surface area (Å²) >= 11 is 1.64. The molecule has 5 nitrogen and oxygen atoms in total. The van der Waals surface area contributed by atoms with E-state index in [0.29, 0.717) is 19.5 Å². The molecule has 0 unspecified atom stereocenters. The lowest BCUT2D eigenvalue weighted by atomic mass is 9.93. The Morgan fingerprint density at radius 1 is 1.43 bits per heavy atom. The topological polar surface area (TPSA) is 70.5 Å². The molecule has 1 aliphatic rings. The van der Waals surface area contributed by atoms with Gasteiger partial charge in [0, 0.05) is 31.3 Å². The maximum absolute atomic E-state index is 12.1. The molecule has 6 heteroatoms. The van der Waals surface area contributed by atoms with Crippen molar-refractivity contribution in [2.75, 3.05) is 13.1 Å². The molecule has 0 aromatic carbocycles. The van der Waals surface area contributed by atoms with Gasteiger partial charge in [0.1, 0.15) is 0 Å². The number of amides is 1. The second-order valence-corrected chi connectivity index (χ2v) is 6.70. The Morgan fingerprint density at radius 3 is 2.71 bits per heavy atom. The van der Waals surface area contributed by atoms with Crippen LogP contribution in [0.5, 0.6) is 0 Å². The van der Waals surface area contributed by atoms with Crippen LogP contribution in [-0.4, -0.2) is 40.0 Å². The minimum Gasteiger partial charge on any atom is -0.481 e. The monoisotopic (exact) mass is 310 g/mol. The maximum atomic E-state index is 12.1. The number of carboxylic acid groups (broad SMARTS) is 1. The molecule has 1 aliphatic heterocycles. The van der Waals surface area contributed by atoms with Crippen LogP contribution in [0.3, 0.4) is 0 Å². The van der Waals surface area contributed by atoms with Gasteiger partial charge in [-0.15, -0.1) is 11.3 Å². The normalized spacial score (nSPS) is 16.1. The highest BCUT2D eigenvalue weighted by molar-refractivity contribution is 7.09. The Balaban J connectivity index is 1.66. The van der Waals surface area contributed by atoms with Crippen LogP contribution >= 0.6 is 11.3 Å². The number of carbonyl (C=O) groups is 2. The molecule has 2 rings (SSSR count). The van der Waals surface area contributed by atoms with Crippen molar-refractivity contribution >= 4 is 23.2 Å². The average Bonchev–Trinajstić information content (AvgIpc) is 2.84. The fourth-order valence-corrected chi connectivity index (χ4v) is 3.38. The van der Waals surface area contributed by atoms with Gasteiger partial charge >= 0.3 is 5.97 Å². The van der Waals surface area contributed by atoms with E-state index in [0.717, 1.165) is 36.4 Å². The van der Waals surface area contributed by atoms with Crippen LogP contribution in [0.25, 0.3) is 0 Å². The summed E-state index contributed by atoms with van der Waals surface area (Å²) in [6, 6.07) is 0. The largest absolute Gasteiger partial charge is 0.481 e. The third kappa shape index (κ3) is 5.12. The molecular formula is C15H22N2O3S. The Labute approximate surface area is 129 Å². The number of thiazole rings is 1. The summed E-state index contributed by atoms with van der Waals surface area (Å²) in [6.07, 6.45) is 4.08. The number of aryl methyl sites for hydroxylation is 2. The molecule has 0 bridgehead atoms. The summed E-state index contributed by atoms with van der Waals surface area (Å²) in [6.45, 7) is 3.39. The zero-order valence-electron chi connectivity index (χ0n) is 12.4. The lowest BCUT2D eigenvalue weighted by molar-refractivity contribution is -0.138. The van der Waals surface area contributed by atoms with Gasteiger partial charge in [-0.3, -0.25) is 9.59 Å². The summed E-state index contributed by atoms with van der Waals surface area (Å²) in [5.41, 5.74) is 1.07. The van der Waals surface area contributed by atoms with Crippen molar-refractivity contribution in [1.29, 1.82) is 0 Å². The van der Waals surface area contributed by atoms with Crippen LogP contribution in [0.2, 0.25) is 0 Å². The van der Waals surface area contributed by atoms with E-state index in [-0.39, 0.29) is 18.2 Å². The smallest absolute Gasteiger partial charge is 0.303 e. The predicted octanol–water partition coefficient (Wildman–Crippen LogP) is 2.49. The lowest BCUT2D eigenvalue weighted by Crippen LogP contribution is -2.38. The van der Waals surface area contributed by atoms with E-state index in [1.54, 1.807) is 11.3 Å². The molecule has 21 heavy (non-hydrogen) atoms. The minimum atomic E-state index is -0.738. The van der Waals surface area contributed by atoms with E-state index >= 15 is 0 Å². The van der Waals surface area contributed by atoms with Gasteiger partial charge in [0.25, 0.3) is 0 Å². The highest BCUT2D eigenvalue weighted by atomic mass is 32.1. The summed E-state index contributed by atoms with van der Waals surface area (Å²) in [5, 5.41) is 11.9. The second-order valence-electron chi connectivity index (χ2n) is 5.63. The summed E-state index contributed by atoms with van der Waals surface area (Å²) in [5.74, 6) is -0.321. The molecule has 0 spiro atoms. The van der Waals surface area contributed by atoms with E-state index in [2.05, 4.69) is 10.4 Å². The molecule has 116 valence electrons. The first-order chi connectivity index (χ1) is 10.0. The van der Waals surface area contributed by atoms with Crippen LogP contribution in [0, 0.1) is 12.8 Å². The fourth-order valence-electron chi connectivity index (χ4n) is 2.74. The van der Waals surface area contributed by atoms with Gasteiger partial charge < -0.3 is 10.0 Å². The molecular weight excluding hydrogens is 288 g/mol. The minimum absolute atomic E-state index is 0.190. The van der Waals surface area contributed by atoms with Gasteiger partial charge in [0.2, 0.25) is 5.91 Å². The number of carboxylic acids is 1. The van der Waals surface area contributed by atoms with Crippen molar-refractivity contribution in [2.45, 2.75) is 45.4 Å². The van der Waals surface area contributed by atoms with Crippen molar-refractivity contribution in [2.24, 2.45) is 5.92 Å². The number of carbonyl (C=O) groups excluding carboxylic acids is 1. The van der Waals surface area contributed by atoms with Crippen LogP contribution in [0.4, 0.5) is 0 Å². The van der Waals surface area contributed by atoms with Gasteiger partial charge in [-0.05, 0) is 38.5 Å². The quantitative estimate of drug-likeness (QED) is 0.876. The van der Waals surface area contributed by atoms with Gasteiger partial charge in [-0.25, -0.2) is 4.98 Å². The van der Waals surface area contributed by atoms with Crippen molar-refractivity contribution in [3.63, 3.8) is 0 Å². The van der Waals surface area contributed by atoms with Crippen molar-refractivity contribution in [3.05, 3.63) is 16.1 Å². The molecule has 1 saturated heterocycles. The van der Waals surface area contributed by atoms with E-state index in [1.807, 2.05) is 11.8 Å². The van der Waals surface area contributed by atoms with Crippen LogP contribution in [0.1, 0.15) is 42.8 Å². The first-order valence-corrected chi connectivity index (χ1v) is 8.33. The molecule has 0 saturated carbocycles. The molecule has 0 radical (unpaired) electrons. The number of hydrogen-bond acceptors (Lipinski definition) is 4. The Morgan fingerprint density at radius 2 is 2.14 bits per heavy atom. The van der Waals surface area contributed by atoms with E-state index in [4.69, 9.17) is 5.11 Å². The summed E-state index contributed by atoms with van der Waals surface area (Å²) < 4.78 is 0. The number of nitrogens with zero attached hydrogens (tertiary/aromatic N) is 2. The van der Waals surface area contributed by atoms with Crippen LogP contribution < -0.4 is 0 Å². The SMILES string of the molecule is Cc1nc(CCCC(=O)N2CCC(CC(=O)O)CC2)cs1. The molecule has 0 atom stereocenters. The molecule has 1 aromatic rings. The molecule has 1 fully saturated rings. The fraction of sp³-hybridized carbons (Fsp3) is 0.667. The highest BCUT2D eigenvalue weighted by Crippen LogP contribution is 2.21. The van der Waals surface area contributed by atoms with E-state index < -0.39 is 5.97 Å². The predicted molar refractivity (Wildman–Crippen MR) is 81.3 cm³/mol. The second kappa shape index (κ2) is 7.54. The lowest BCUT2D eigenvalue weighted by Gasteiger charge is -2.31. The zero-order valence-corrected chi connectivity index (χ0v) is 13.2. The zero-order chi connectivity index (χ0) is 15.2. The van der Waals surface area contributed by atoms with Crippen molar-refractivity contribution in [1.82, 2.24) is 9.88 Å². The molecule has 2 heterocycles. The average molecular weight is 310 g/mol. The third-order valence-electron chi connectivity index (χ3n) is 3.92. The Hall–Kier alpha value is -1.43. The van der Waals surface area contributed by atoms with Crippen LogP contribution in [-0.2, 0) is 16.0 Å². The Kier molecular flexibility index (Phi) is 5.73. The Bertz CT molecular complexity index is 493. The molecule has 1 N–H and O–H groups in total. The number of rotatable bonds is 6. The van der Waals surface area contributed by atoms with E-state index in [1.165, 1.54) is 0 Å². The van der Waals surface area contributed by atoms with E-state index in [9.17, 15) is 9.59 Å². The number of aromatic nitrogens is 1. The van der Waals surface area contributed by atoms with Crippen molar-refractivity contribution < 1.29 is 14.7 Å². The van der Waals surface area contributed by atoms with Gasteiger partial charge in [-0.1, -0.05) is 0 Å². The molecule has 0 aliphatic carbocycles. The van der Waals surface area contributed by atoms with Crippen LogP contribution in [0.15, 0.2) is 5.38 Å². The first kappa shape index (κ1) is 15.9. The molecule has 1 aromatic heterocycles. The maximum Gasteiger partial charge on any atom is 0.303 e. The summed E-state index contributed by atoms with van der Waals surface area (Å²) in [4.78, 5) is 29.1. The number of aliphatic carboxylic acids is 1. The first-order valence-electron chi connectivity index (χ1n) is 7.45. The van der Waals surface area contributed by atoms with Crippen molar-refractivity contribution in [3.8, 4) is 0 Å². The number of piperidine rings is 1. The van der Waals surface area contributed by atoms with Gasteiger partial charge in [0.05, 0.1) is 10.7 Å².